The van der Waals surface area contributed by atoms with Crippen molar-refractivity contribution in [3.63, 3.8) is 0 Å². The molecule has 0 spiro atoms. The van der Waals surface area contributed by atoms with Crippen LogP contribution in [0.15, 0.2) is 6.33 Å². The molecular weight excluding hydrogens is 338 g/mol. The Morgan fingerprint density at radius 2 is 2.12 bits per heavy atom. The molecule has 0 aromatic carbocycles. The Balaban J connectivity index is 1.85. The Bertz CT molecular complexity index is 965. The van der Waals surface area contributed by atoms with Crippen LogP contribution in [0.25, 0.3) is 16.0 Å². The van der Waals surface area contributed by atoms with Gasteiger partial charge in [0.05, 0.1) is 18.6 Å². The second kappa shape index (κ2) is 6.48. The highest BCUT2D eigenvalue weighted by Gasteiger charge is 2.21. The second-order valence-corrected chi connectivity index (χ2v) is 7.31. The lowest BCUT2D eigenvalue weighted by Crippen LogP contribution is -3.12. The summed E-state index contributed by atoms with van der Waals surface area (Å²) in [6, 6.07) is 2.08. The third kappa shape index (κ3) is 2.89. The van der Waals surface area contributed by atoms with Gasteiger partial charge in [-0.1, -0.05) is 0 Å². The molecule has 0 saturated carbocycles. The van der Waals surface area contributed by atoms with Gasteiger partial charge in [0.1, 0.15) is 36.9 Å². The molecule has 0 atom stereocenters. The van der Waals surface area contributed by atoms with E-state index in [0.29, 0.717) is 5.82 Å². The molecule has 1 saturated heterocycles. The van der Waals surface area contributed by atoms with E-state index in [1.54, 1.807) is 15.9 Å². The van der Waals surface area contributed by atoms with Crippen LogP contribution in [0, 0.1) is 25.2 Å². The number of nitriles is 1. The lowest BCUT2D eigenvalue weighted by Gasteiger charge is -2.23. The van der Waals surface area contributed by atoms with Crippen LogP contribution in [-0.4, -0.2) is 51.0 Å². The van der Waals surface area contributed by atoms with Crippen LogP contribution in [-0.2, 0) is 11.3 Å². The first kappa shape index (κ1) is 16.1. The van der Waals surface area contributed by atoms with Gasteiger partial charge in [0.25, 0.3) is 0 Å². The summed E-state index contributed by atoms with van der Waals surface area (Å²) in [6.07, 6.45) is 1.54. The van der Waals surface area contributed by atoms with Crippen molar-refractivity contribution in [2.45, 2.75) is 20.4 Å². The average molecular weight is 356 g/mol. The van der Waals surface area contributed by atoms with Crippen molar-refractivity contribution in [3.05, 3.63) is 28.4 Å². The number of nitrogens with zero attached hydrogens (tertiary/aromatic N) is 6. The third-order valence-electron chi connectivity index (χ3n) is 4.54. The summed E-state index contributed by atoms with van der Waals surface area (Å²) in [4.78, 5) is 13.1. The quantitative estimate of drug-likeness (QED) is 0.719. The standard InChI is InChI=1S/C16H17N7OS/c1-10-11(2)25-16-14(10)15(23-9-18-21-13(23)7-17)19-12(20-16)8-22-3-5-24-6-4-22/h9H,3-6,8H2,1-2H3/p+1. The highest BCUT2D eigenvalue weighted by atomic mass is 32.1. The van der Waals surface area contributed by atoms with E-state index in [-0.39, 0.29) is 5.82 Å². The van der Waals surface area contributed by atoms with Crippen molar-refractivity contribution >= 4 is 21.6 Å². The minimum atomic E-state index is 0.230. The first-order valence-corrected chi connectivity index (χ1v) is 8.97. The van der Waals surface area contributed by atoms with Crippen molar-refractivity contribution in [3.8, 4) is 11.9 Å². The van der Waals surface area contributed by atoms with Gasteiger partial charge in [0.15, 0.2) is 11.6 Å². The molecule has 4 heterocycles. The molecule has 0 radical (unpaired) electrons. The maximum Gasteiger partial charge on any atom is 0.240 e. The van der Waals surface area contributed by atoms with Gasteiger partial charge in [-0.05, 0) is 19.4 Å². The lowest BCUT2D eigenvalue weighted by atomic mass is 10.2. The van der Waals surface area contributed by atoms with Crippen molar-refractivity contribution in [1.29, 1.82) is 5.26 Å². The maximum atomic E-state index is 9.31. The Morgan fingerprint density at radius 3 is 2.88 bits per heavy atom. The first-order chi connectivity index (χ1) is 12.2. The van der Waals surface area contributed by atoms with Gasteiger partial charge < -0.3 is 9.64 Å². The van der Waals surface area contributed by atoms with E-state index in [4.69, 9.17) is 14.7 Å². The van der Waals surface area contributed by atoms with Crippen LogP contribution in [0.5, 0.6) is 0 Å². The average Bonchev–Trinajstić information content (AvgIpc) is 3.20. The summed E-state index contributed by atoms with van der Waals surface area (Å²) < 4.78 is 7.08. The largest absolute Gasteiger partial charge is 0.370 e. The minimum absolute atomic E-state index is 0.230. The van der Waals surface area contributed by atoms with Crippen molar-refractivity contribution in [2.24, 2.45) is 0 Å². The van der Waals surface area contributed by atoms with Crippen LogP contribution in [0.2, 0.25) is 0 Å². The van der Waals surface area contributed by atoms with Crippen LogP contribution in [0.4, 0.5) is 0 Å². The Morgan fingerprint density at radius 1 is 1.32 bits per heavy atom. The summed E-state index contributed by atoms with van der Waals surface area (Å²) in [7, 11) is 0. The van der Waals surface area contributed by atoms with Crippen LogP contribution >= 0.6 is 11.3 Å². The summed E-state index contributed by atoms with van der Waals surface area (Å²) in [5.41, 5.74) is 1.14. The van der Waals surface area contributed by atoms with Crippen LogP contribution in [0.3, 0.4) is 0 Å². The number of nitrogens with one attached hydrogen (secondary N) is 1. The molecule has 0 unspecified atom stereocenters. The van der Waals surface area contributed by atoms with Gasteiger partial charge in [-0.2, -0.15) is 5.26 Å². The Hall–Kier alpha value is -2.41. The van der Waals surface area contributed by atoms with Gasteiger partial charge in [-0.15, -0.1) is 21.5 Å². The fraction of sp³-hybridized carbons (Fsp3) is 0.438. The molecule has 3 aromatic rings. The molecule has 3 aromatic heterocycles. The number of rotatable bonds is 3. The molecule has 8 nitrogen and oxygen atoms in total. The SMILES string of the molecule is Cc1sc2nc(C[NH+]3CCOCC3)nc(-n3cnnc3C#N)c2c1C. The van der Waals surface area contributed by atoms with Gasteiger partial charge in [0.2, 0.25) is 5.82 Å². The lowest BCUT2D eigenvalue weighted by molar-refractivity contribution is -0.922. The molecule has 1 aliphatic rings. The number of thiophene rings is 1. The number of ether oxygens (including phenoxy) is 1. The smallest absolute Gasteiger partial charge is 0.240 e. The van der Waals surface area contributed by atoms with E-state index in [1.165, 1.54) is 16.1 Å². The fourth-order valence-electron chi connectivity index (χ4n) is 3.05. The van der Waals surface area contributed by atoms with Gasteiger partial charge in [0, 0.05) is 4.88 Å². The number of aryl methyl sites for hydroxylation is 2. The Kier molecular flexibility index (Phi) is 4.17. The minimum Gasteiger partial charge on any atom is -0.370 e. The molecule has 1 aliphatic heterocycles. The molecular formula is C16H18N7OS+. The maximum absolute atomic E-state index is 9.31. The number of morpholine rings is 1. The molecule has 128 valence electrons. The monoisotopic (exact) mass is 356 g/mol. The van der Waals surface area contributed by atoms with Crippen molar-refractivity contribution < 1.29 is 9.64 Å². The van der Waals surface area contributed by atoms with E-state index < -0.39 is 0 Å². The predicted octanol–water partition coefficient (Wildman–Crippen LogP) is 0.176. The first-order valence-electron chi connectivity index (χ1n) is 8.16. The summed E-state index contributed by atoms with van der Waals surface area (Å²) >= 11 is 1.66. The van der Waals surface area contributed by atoms with Gasteiger partial charge >= 0.3 is 0 Å². The molecule has 4 rings (SSSR count). The van der Waals surface area contributed by atoms with Crippen LogP contribution in [0.1, 0.15) is 22.1 Å². The molecule has 0 aliphatic carbocycles. The van der Waals surface area contributed by atoms with E-state index in [0.717, 1.165) is 54.5 Å². The normalized spacial score (nSPS) is 15.6. The summed E-state index contributed by atoms with van der Waals surface area (Å²) in [6.45, 7) is 8.33. The molecule has 0 bridgehead atoms. The number of fused-ring (bicyclic) bond motifs is 1. The zero-order valence-corrected chi connectivity index (χ0v) is 14.9. The number of aromatic nitrogens is 5. The molecule has 25 heavy (non-hydrogen) atoms. The summed E-state index contributed by atoms with van der Waals surface area (Å²) in [5, 5.41) is 18.0. The number of hydrogen-bond acceptors (Lipinski definition) is 7. The second-order valence-electron chi connectivity index (χ2n) is 6.10. The van der Waals surface area contributed by atoms with Crippen LogP contribution < -0.4 is 4.90 Å². The zero-order chi connectivity index (χ0) is 17.4. The number of hydrogen-bond donors (Lipinski definition) is 1. The molecule has 0 amide bonds. The Labute approximate surface area is 148 Å². The predicted molar refractivity (Wildman–Crippen MR) is 91.7 cm³/mol. The van der Waals surface area contributed by atoms with Gasteiger partial charge in [-0.25, -0.2) is 9.97 Å². The topological polar surface area (TPSA) is 93.9 Å². The summed E-state index contributed by atoms with van der Waals surface area (Å²) in [5.74, 6) is 1.70. The zero-order valence-electron chi connectivity index (χ0n) is 14.1. The van der Waals surface area contributed by atoms with E-state index in [9.17, 15) is 5.26 Å². The highest BCUT2D eigenvalue weighted by Crippen LogP contribution is 2.32. The fourth-order valence-corrected chi connectivity index (χ4v) is 4.09. The van der Waals surface area contributed by atoms with E-state index >= 15 is 0 Å². The highest BCUT2D eigenvalue weighted by molar-refractivity contribution is 7.18. The third-order valence-corrected chi connectivity index (χ3v) is 5.64. The van der Waals surface area contributed by atoms with Crippen molar-refractivity contribution in [1.82, 2.24) is 24.7 Å². The van der Waals surface area contributed by atoms with Crippen molar-refractivity contribution in [2.75, 3.05) is 26.3 Å². The molecule has 1 N–H and O–H groups in total. The van der Waals surface area contributed by atoms with E-state index in [2.05, 4.69) is 30.1 Å². The van der Waals surface area contributed by atoms with Gasteiger partial charge in [-0.3, -0.25) is 4.57 Å². The molecule has 1 fully saturated rings. The van der Waals surface area contributed by atoms with E-state index in [1.807, 2.05) is 0 Å². The number of quaternary nitrogens is 1. The molecule has 9 heteroatoms.